The molecule has 1 N–H and O–H groups in total. The fraction of sp³-hybridized carbons (Fsp3) is 0.750. The summed E-state index contributed by atoms with van der Waals surface area (Å²) < 4.78 is 5.60. The van der Waals surface area contributed by atoms with Crippen LogP contribution in [0.3, 0.4) is 0 Å². The average Bonchev–Trinajstić information content (AvgIpc) is 2.98. The van der Waals surface area contributed by atoms with Gasteiger partial charge in [-0.05, 0) is 38.5 Å². The van der Waals surface area contributed by atoms with Crippen LogP contribution < -0.4 is 5.32 Å². The van der Waals surface area contributed by atoms with Crippen LogP contribution in [-0.4, -0.2) is 36.0 Å². The predicted octanol–water partition coefficient (Wildman–Crippen LogP) is 2.73. The smallest absolute Gasteiger partial charge is 0.214 e. The maximum absolute atomic E-state index is 5.60. The molecular weight excluding hydrogens is 264 g/mol. The second-order valence-electron chi connectivity index (χ2n) is 6.38. The van der Waals surface area contributed by atoms with Crippen molar-refractivity contribution in [3.8, 4) is 0 Å². The Morgan fingerprint density at radius 2 is 2.24 bits per heavy atom. The molecule has 1 unspecified atom stereocenters. The summed E-state index contributed by atoms with van der Waals surface area (Å²) in [6, 6.07) is 0. The van der Waals surface area contributed by atoms with E-state index >= 15 is 0 Å². The Kier molecular flexibility index (Phi) is 5.26. The van der Waals surface area contributed by atoms with Crippen molar-refractivity contribution in [2.45, 2.75) is 47.1 Å². The third kappa shape index (κ3) is 4.22. The van der Waals surface area contributed by atoms with E-state index in [0.29, 0.717) is 6.54 Å². The molecule has 0 saturated carbocycles. The van der Waals surface area contributed by atoms with E-state index in [0.717, 1.165) is 48.2 Å². The van der Waals surface area contributed by atoms with Gasteiger partial charge in [0.05, 0.1) is 12.2 Å². The van der Waals surface area contributed by atoms with Gasteiger partial charge in [0.2, 0.25) is 5.89 Å². The number of guanidine groups is 1. The molecule has 1 fully saturated rings. The number of nitrogens with one attached hydrogen (secondary N) is 1. The minimum atomic E-state index is 0.590. The van der Waals surface area contributed by atoms with Crippen LogP contribution in [0, 0.1) is 25.7 Å². The van der Waals surface area contributed by atoms with Gasteiger partial charge >= 0.3 is 0 Å². The molecule has 0 aromatic carbocycles. The maximum Gasteiger partial charge on any atom is 0.214 e. The van der Waals surface area contributed by atoms with Crippen LogP contribution >= 0.6 is 0 Å². The molecule has 5 heteroatoms. The maximum atomic E-state index is 5.60. The predicted molar refractivity (Wildman–Crippen MR) is 85.3 cm³/mol. The van der Waals surface area contributed by atoms with Crippen molar-refractivity contribution < 1.29 is 4.42 Å². The van der Waals surface area contributed by atoms with Crippen molar-refractivity contribution in [2.24, 2.45) is 16.8 Å². The molecule has 0 radical (unpaired) electrons. The Hall–Kier alpha value is -1.52. The van der Waals surface area contributed by atoms with Crippen molar-refractivity contribution in [1.82, 2.24) is 15.2 Å². The lowest BCUT2D eigenvalue weighted by Crippen LogP contribution is -2.39. The van der Waals surface area contributed by atoms with Crippen molar-refractivity contribution in [3.05, 3.63) is 17.3 Å². The first kappa shape index (κ1) is 15.9. The molecule has 2 rings (SSSR count). The number of aromatic nitrogens is 1. The van der Waals surface area contributed by atoms with E-state index in [1.165, 1.54) is 12.8 Å². The highest BCUT2D eigenvalue weighted by molar-refractivity contribution is 5.80. The van der Waals surface area contributed by atoms with Crippen LogP contribution in [0.4, 0.5) is 0 Å². The molecule has 0 bridgehead atoms. The van der Waals surface area contributed by atoms with Gasteiger partial charge in [-0.2, -0.15) is 0 Å². The van der Waals surface area contributed by atoms with Gasteiger partial charge in [-0.3, -0.25) is 4.99 Å². The summed E-state index contributed by atoms with van der Waals surface area (Å²) in [4.78, 5) is 11.1. The molecule has 1 aliphatic heterocycles. The second kappa shape index (κ2) is 6.96. The number of hydrogen-bond donors (Lipinski definition) is 1. The van der Waals surface area contributed by atoms with Crippen LogP contribution in [0.5, 0.6) is 0 Å². The molecule has 0 spiro atoms. The molecule has 2 heterocycles. The zero-order valence-corrected chi connectivity index (χ0v) is 13.9. The number of likely N-dealkylation sites (tertiary alicyclic amines) is 1. The molecule has 1 aromatic rings. The number of oxazole rings is 1. The second-order valence-corrected chi connectivity index (χ2v) is 6.38. The first-order chi connectivity index (χ1) is 9.99. The van der Waals surface area contributed by atoms with E-state index in [1.54, 1.807) is 0 Å². The topological polar surface area (TPSA) is 53.7 Å². The van der Waals surface area contributed by atoms with E-state index in [9.17, 15) is 0 Å². The molecule has 0 aliphatic carbocycles. The van der Waals surface area contributed by atoms with E-state index in [-0.39, 0.29) is 0 Å². The Morgan fingerprint density at radius 3 is 2.81 bits per heavy atom. The fourth-order valence-corrected chi connectivity index (χ4v) is 2.99. The summed E-state index contributed by atoms with van der Waals surface area (Å²) in [5, 5.41) is 3.36. The third-order valence-corrected chi connectivity index (χ3v) is 4.07. The fourth-order valence-electron chi connectivity index (χ4n) is 2.99. The largest absolute Gasteiger partial charge is 0.444 e. The lowest BCUT2D eigenvalue weighted by atomic mass is 9.97. The number of aryl methyl sites for hydroxylation is 2. The standard InChI is InChI=1S/C16H28N4O/c1-11(2)8-14-6-7-20(10-14)16(17-5)18-9-15-19-12(3)13(4)21-15/h11,14H,6-10H2,1-5H3,(H,17,18). The van der Waals surface area contributed by atoms with Gasteiger partial charge in [-0.25, -0.2) is 4.98 Å². The Balaban J connectivity index is 1.86. The number of nitrogens with zero attached hydrogens (tertiary/aromatic N) is 3. The summed E-state index contributed by atoms with van der Waals surface area (Å²) >= 11 is 0. The number of aliphatic imine (C=N–C) groups is 1. The van der Waals surface area contributed by atoms with Crippen molar-refractivity contribution in [1.29, 1.82) is 0 Å². The molecule has 21 heavy (non-hydrogen) atoms. The van der Waals surface area contributed by atoms with Gasteiger partial charge in [0.25, 0.3) is 0 Å². The van der Waals surface area contributed by atoms with Gasteiger partial charge in [0, 0.05) is 20.1 Å². The van der Waals surface area contributed by atoms with E-state index in [1.807, 2.05) is 20.9 Å². The lowest BCUT2D eigenvalue weighted by molar-refractivity contribution is 0.400. The molecular formula is C16H28N4O. The van der Waals surface area contributed by atoms with Gasteiger partial charge < -0.3 is 14.6 Å². The van der Waals surface area contributed by atoms with Crippen molar-refractivity contribution in [2.75, 3.05) is 20.1 Å². The monoisotopic (exact) mass is 292 g/mol. The first-order valence-electron chi connectivity index (χ1n) is 7.88. The lowest BCUT2D eigenvalue weighted by Gasteiger charge is -2.21. The molecule has 1 saturated heterocycles. The van der Waals surface area contributed by atoms with Crippen LogP contribution in [0.25, 0.3) is 0 Å². The van der Waals surface area contributed by atoms with Gasteiger partial charge in [0.1, 0.15) is 5.76 Å². The van der Waals surface area contributed by atoms with E-state index in [2.05, 4.69) is 34.0 Å². The highest BCUT2D eigenvalue weighted by Gasteiger charge is 2.25. The molecule has 0 amide bonds. The Labute approximate surface area is 127 Å². The minimum absolute atomic E-state index is 0.590. The van der Waals surface area contributed by atoms with E-state index in [4.69, 9.17) is 4.42 Å². The van der Waals surface area contributed by atoms with Gasteiger partial charge in [0.15, 0.2) is 5.96 Å². The molecule has 5 nitrogen and oxygen atoms in total. The minimum Gasteiger partial charge on any atom is -0.444 e. The van der Waals surface area contributed by atoms with Crippen molar-refractivity contribution in [3.63, 3.8) is 0 Å². The SMILES string of the molecule is CN=C(NCc1nc(C)c(C)o1)N1CCC(CC(C)C)C1. The van der Waals surface area contributed by atoms with Gasteiger partial charge in [-0.15, -0.1) is 0 Å². The molecule has 1 aromatic heterocycles. The molecule has 118 valence electrons. The molecule has 1 atom stereocenters. The Bertz CT molecular complexity index is 473. The summed E-state index contributed by atoms with van der Waals surface area (Å²) in [5.41, 5.74) is 0.958. The van der Waals surface area contributed by atoms with Crippen LogP contribution in [0.1, 0.15) is 44.0 Å². The normalized spacial score (nSPS) is 19.6. The quantitative estimate of drug-likeness (QED) is 0.685. The summed E-state index contributed by atoms with van der Waals surface area (Å²) in [7, 11) is 1.84. The van der Waals surface area contributed by atoms with Crippen LogP contribution in [0.2, 0.25) is 0 Å². The highest BCUT2D eigenvalue weighted by Crippen LogP contribution is 2.23. The first-order valence-corrected chi connectivity index (χ1v) is 7.88. The summed E-state index contributed by atoms with van der Waals surface area (Å²) in [6.45, 7) is 11.3. The highest BCUT2D eigenvalue weighted by atomic mass is 16.4. The molecule has 1 aliphatic rings. The van der Waals surface area contributed by atoms with E-state index < -0.39 is 0 Å². The number of rotatable bonds is 4. The zero-order chi connectivity index (χ0) is 15.4. The summed E-state index contributed by atoms with van der Waals surface area (Å²) in [5.74, 6) is 4.12. The zero-order valence-electron chi connectivity index (χ0n) is 13.9. The summed E-state index contributed by atoms with van der Waals surface area (Å²) in [6.07, 6.45) is 2.56. The number of hydrogen-bond acceptors (Lipinski definition) is 3. The third-order valence-electron chi connectivity index (χ3n) is 4.07. The van der Waals surface area contributed by atoms with Crippen LogP contribution in [0.15, 0.2) is 9.41 Å². The van der Waals surface area contributed by atoms with Crippen LogP contribution in [-0.2, 0) is 6.54 Å². The van der Waals surface area contributed by atoms with Crippen molar-refractivity contribution >= 4 is 5.96 Å². The average molecular weight is 292 g/mol. The van der Waals surface area contributed by atoms with Gasteiger partial charge in [-0.1, -0.05) is 13.8 Å². The Morgan fingerprint density at radius 1 is 1.48 bits per heavy atom.